The Morgan fingerprint density at radius 3 is 2.67 bits per heavy atom. The average Bonchev–Trinajstić information content (AvgIpc) is 2.45. The molecule has 1 aromatic heterocycles. The highest BCUT2D eigenvalue weighted by molar-refractivity contribution is 5.59. The third-order valence-electron chi connectivity index (χ3n) is 2.66. The van der Waals surface area contributed by atoms with E-state index in [0.717, 1.165) is 6.54 Å². The van der Waals surface area contributed by atoms with E-state index in [-0.39, 0.29) is 5.82 Å². The lowest BCUT2D eigenvalue weighted by Gasteiger charge is -2.11. The number of hydrogen-bond acceptors (Lipinski definition) is 5. The van der Waals surface area contributed by atoms with Crippen LogP contribution >= 0.6 is 0 Å². The summed E-state index contributed by atoms with van der Waals surface area (Å²) in [4.78, 5) is 8.73. The van der Waals surface area contributed by atoms with Crippen LogP contribution in [0.15, 0.2) is 30.3 Å². The minimum absolute atomic E-state index is 0.296. The normalized spacial score (nSPS) is 10.4. The van der Waals surface area contributed by atoms with Gasteiger partial charge in [0.15, 0.2) is 5.82 Å². The van der Waals surface area contributed by atoms with E-state index in [0.29, 0.717) is 36.4 Å². The zero-order chi connectivity index (χ0) is 15.1. The minimum Gasteiger partial charge on any atom is -0.374 e. The third-order valence-corrected chi connectivity index (χ3v) is 2.66. The fourth-order valence-electron chi connectivity index (χ4n) is 1.80. The lowest BCUT2D eigenvalue weighted by molar-refractivity contribution is 0.128. The molecule has 1 heterocycles. The smallest absolute Gasteiger partial charge is 0.158 e. The molecule has 1 aromatic carbocycles. The first kappa shape index (κ1) is 15.2. The van der Waals surface area contributed by atoms with Gasteiger partial charge in [-0.3, -0.25) is 0 Å². The Labute approximate surface area is 123 Å². The summed E-state index contributed by atoms with van der Waals surface area (Å²) in [5, 5.41) is 6.21. The number of ether oxygens (including phenoxy) is 1. The molecule has 0 aliphatic carbocycles. The van der Waals surface area contributed by atoms with E-state index in [1.807, 2.05) is 13.8 Å². The molecular formula is C15H19FN4O. The number of nitrogens with zero attached hydrogens (tertiary/aromatic N) is 2. The van der Waals surface area contributed by atoms with Crippen molar-refractivity contribution in [2.24, 2.45) is 0 Å². The third kappa shape index (κ3) is 4.68. The summed E-state index contributed by atoms with van der Waals surface area (Å²) < 4.78 is 18.5. The van der Waals surface area contributed by atoms with E-state index in [2.05, 4.69) is 20.6 Å². The summed E-state index contributed by atoms with van der Waals surface area (Å²) in [6.45, 7) is 5.60. The monoisotopic (exact) mass is 290 g/mol. The van der Waals surface area contributed by atoms with Crippen molar-refractivity contribution in [2.45, 2.75) is 20.5 Å². The highest BCUT2D eigenvalue weighted by Gasteiger charge is 2.05. The fourth-order valence-corrected chi connectivity index (χ4v) is 1.80. The largest absolute Gasteiger partial charge is 0.374 e. The molecule has 112 valence electrons. The number of aromatic nitrogens is 2. The molecule has 2 rings (SSSR count). The maximum absolute atomic E-state index is 13.2. The van der Waals surface area contributed by atoms with Crippen molar-refractivity contribution >= 4 is 17.3 Å². The van der Waals surface area contributed by atoms with Crippen molar-refractivity contribution in [1.29, 1.82) is 0 Å². The molecule has 0 radical (unpaired) electrons. The van der Waals surface area contributed by atoms with Gasteiger partial charge >= 0.3 is 0 Å². The molecule has 6 heteroatoms. The SMILES string of the molecule is CCNc1cc(Nc2cccc(F)c2)nc(COCC)n1. The van der Waals surface area contributed by atoms with E-state index in [9.17, 15) is 4.39 Å². The van der Waals surface area contributed by atoms with Crippen molar-refractivity contribution in [3.05, 3.63) is 42.0 Å². The topological polar surface area (TPSA) is 59.1 Å². The van der Waals surface area contributed by atoms with Gasteiger partial charge in [0.2, 0.25) is 0 Å². The number of benzene rings is 1. The first-order valence-electron chi connectivity index (χ1n) is 6.93. The molecule has 0 aliphatic rings. The van der Waals surface area contributed by atoms with Crippen LogP contribution in [0.5, 0.6) is 0 Å². The Morgan fingerprint density at radius 2 is 1.95 bits per heavy atom. The molecule has 2 aromatic rings. The van der Waals surface area contributed by atoms with Crippen molar-refractivity contribution in [1.82, 2.24) is 9.97 Å². The zero-order valence-electron chi connectivity index (χ0n) is 12.2. The molecule has 0 spiro atoms. The van der Waals surface area contributed by atoms with Gasteiger partial charge in [-0.05, 0) is 32.0 Å². The zero-order valence-corrected chi connectivity index (χ0v) is 12.2. The van der Waals surface area contributed by atoms with E-state index in [1.54, 1.807) is 18.2 Å². The Morgan fingerprint density at radius 1 is 1.14 bits per heavy atom. The van der Waals surface area contributed by atoms with Gasteiger partial charge in [-0.2, -0.15) is 0 Å². The Balaban J connectivity index is 2.22. The van der Waals surface area contributed by atoms with Crippen molar-refractivity contribution in [3.63, 3.8) is 0 Å². The molecule has 0 saturated heterocycles. The van der Waals surface area contributed by atoms with Crippen LogP contribution in [-0.4, -0.2) is 23.1 Å². The molecular weight excluding hydrogens is 271 g/mol. The Bertz CT molecular complexity index is 592. The molecule has 0 unspecified atom stereocenters. The number of halogens is 1. The van der Waals surface area contributed by atoms with Crippen molar-refractivity contribution < 1.29 is 9.13 Å². The van der Waals surface area contributed by atoms with Crippen LogP contribution in [0.3, 0.4) is 0 Å². The number of rotatable bonds is 7. The number of anilines is 3. The van der Waals surface area contributed by atoms with Gasteiger partial charge in [0.25, 0.3) is 0 Å². The summed E-state index contributed by atoms with van der Waals surface area (Å²) in [6, 6.07) is 8.02. The number of nitrogens with one attached hydrogen (secondary N) is 2. The second kappa shape index (κ2) is 7.54. The standard InChI is InChI=1S/C15H19FN4O/c1-3-17-13-9-14(20-15(19-13)10-21-4-2)18-12-7-5-6-11(16)8-12/h5-9H,3-4,10H2,1-2H3,(H2,17,18,19,20). The van der Waals surface area contributed by atoms with Crippen LogP contribution in [0.1, 0.15) is 19.7 Å². The quantitative estimate of drug-likeness (QED) is 0.819. The maximum Gasteiger partial charge on any atom is 0.158 e. The summed E-state index contributed by atoms with van der Waals surface area (Å²) in [7, 11) is 0. The number of hydrogen-bond donors (Lipinski definition) is 2. The molecule has 0 amide bonds. The van der Waals surface area contributed by atoms with Crippen LogP contribution < -0.4 is 10.6 Å². The summed E-state index contributed by atoms with van der Waals surface area (Å²) in [5.41, 5.74) is 0.638. The van der Waals surface area contributed by atoms with Crippen LogP contribution in [0.25, 0.3) is 0 Å². The first-order chi connectivity index (χ1) is 10.2. The van der Waals surface area contributed by atoms with E-state index in [1.165, 1.54) is 12.1 Å². The summed E-state index contributed by atoms with van der Waals surface area (Å²) in [5.74, 6) is 1.59. The predicted octanol–water partition coefficient (Wildman–Crippen LogP) is 3.33. The van der Waals surface area contributed by atoms with Gasteiger partial charge in [0, 0.05) is 24.9 Å². The van der Waals surface area contributed by atoms with Crippen LogP contribution in [0.4, 0.5) is 21.7 Å². The molecule has 0 aliphatic heterocycles. The van der Waals surface area contributed by atoms with Crippen molar-refractivity contribution in [2.75, 3.05) is 23.8 Å². The average molecular weight is 290 g/mol. The van der Waals surface area contributed by atoms with Gasteiger partial charge < -0.3 is 15.4 Å². The van der Waals surface area contributed by atoms with E-state index < -0.39 is 0 Å². The van der Waals surface area contributed by atoms with Crippen LogP contribution in [0.2, 0.25) is 0 Å². The fraction of sp³-hybridized carbons (Fsp3) is 0.333. The van der Waals surface area contributed by atoms with Crippen LogP contribution in [-0.2, 0) is 11.3 Å². The molecule has 0 atom stereocenters. The van der Waals surface area contributed by atoms with Crippen LogP contribution in [0, 0.1) is 5.82 Å². The minimum atomic E-state index is -0.296. The van der Waals surface area contributed by atoms with Gasteiger partial charge in [0.05, 0.1) is 0 Å². The Kier molecular flexibility index (Phi) is 5.45. The molecule has 0 fully saturated rings. The highest BCUT2D eigenvalue weighted by Crippen LogP contribution is 2.18. The lowest BCUT2D eigenvalue weighted by Crippen LogP contribution is -2.07. The molecule has 0 saturated carbocycles. The summed E-state index contributed by atoms with van der Waals surface area (Å²) in [6.07, 6.45) is 0. The second-order valence-electron chi connectivity index (χ2n) is 4.36. The van der Waals surface area contributed by atoms with Gasteiger partial charge in [-0.1, -0.05) is 6.07 Å². The lowest BCUT2D eigenvalue weighted by atomic mass is 10.3. The Hall–Kier alpha value is -2.21. The molecule has 21 heavy (non-hydrogen) atoms. The molecule has 0 bridgehead atoms. The van der Waals surface area contributed by atoms with E-state index in [4.69, 9.17) is 4.74 Å². The van der Waals surface area contributed by atoms with Gasteiger partial charge in [-0.15, -0.1) is 0 Å². The highest BCUT2D eigenvalue weighted by atomic mass is 19.1. The molecule has 5 nitrogen and oxygen atoms in total. The molecule has 2 N–H and O–H groups in total. The second-order valence-corrected chi connectivity index (χ2v) is 4.36. The first-order valence-corrected chi connectivity index (χ1v) is 6.93. The maximum atomic E-state index is 13.2. The predicted molar refractivity (Wildman–Crippen MR) is 81.2 cm³/mol. The van der Waals surface area contributed by atoms with E-state index >= 15 is 0 Å². The summed E-state index contributed by atoms with van der Waals surface area (Å²) >= 11 is 0. The van der Waals surface area contributed by atoms with Crippen molar-refractivity contribution in [3.8, 4) is 0 Å². The van der Waals surface area contributed by atoms with Gasteiger partial charge in [-0.25, -0.2) is 14.4 Å². The van der Waals surface area contributed by atoms with Gasteiger partial charge in [0.1, 0.15) is 24.1 Å².